The van der Waals surface area contributed by atoms with Crippen LogP contribution in [0.25, 0.3) is 0 Å². The molecule has 2 N–H and O–H groups in total. The zero-order chi connectivity index (χ0) is 12.9. The van der Waals surface area contributed by atoms with E-state index < -0.39 is 5.60 Å². The molecule has 1 heterocycles. The zero-order valence-electron chi connectivity index (χ0n) is 11.3. The minimum Gasteiger partial charge on any atom is -0.385 e. The van der Waals surface area contributed by atoms with Crippen molar-refractivity contribution in [1.82, 2.24) is 10.3 Å². The van der Waals surface area contributed by atoms with E-state index in [1.165, 1.54) is 0 Å². The third kappa shape index (κ3) is 4.44. The van der Waals surface area contributed by atoms with E-state index in [0.717, 1.165) is 24.2 Å². The second kappa shape index (κ2) is 6.12. The first kappa shape index (κ1) is 14.1. The van der Waals surface area contributed by atoms with Gasteiger partial charge in [0.05, 0.1) is 5.60 Å². The summed E-state index contributed by atoms with van der Waals surface area (Å²) in [4.78, 5) is 4.09. The minimum atomic E-state index is -0.803. The molecule has 0 spiro atoms. The second-order valence-electron chi connectivity index (χ2n) is 5.31. The number of aryl methyl sites for hydroxylation is 1. The van der Waals surface area contributed by atoms with Gasteiger partial charge in [0.1, 0.15) is 0 Å². The lowest BCUT2D eigenvalue weighted by Crippen LogP contribution is -2.30. The Hall–Kier alpha value is -0.930. The lowest BCUT2D eigenvalue weighted by Gasteiger charge is -2.25. The van der Waals surface area contributed by atoms with Crippen molar-refractivity contribution in [3.63, 3.8) is 0 Å². The van der Waals surface area contributed by atoms with Gasteiger partial charge in [-0.05, 0) is 50.9 Å². The fraction of sp³-hybridized carbons (Fsp3) is 0.643. The molecule has 96 valence electrons. The van der Waals surface area contributed by atoms with Gasteiger partial charge >= 0.3 is 0 Å². The molecule has 0 aromatic carbocycles. The molecule has 0 aliphatic heterocycles. The summed E-state index contributed by atoms with van der Waals surface area (Å²) in [7, 11) is 0. The SMILES string of the molecule is Cc1ccncc1C(C)(O)CCNCC(C)C. The molecule has 0 radical (unpaired) electrons. The van der Waals surface area contributed by atoms with Crippen LogP contribution in [0, 0.1) is 12.8 Å². The quantitative estimate of drug-likeness (QED) is 0.745. The molecule has 3 nitrogen and oxygen atoms in total. The van der Waals surface area contributed by atoms with Crippen LogP contribution in [0.3, 0.4) is 0 Å². The topological polar surface area (TPSA) is 45.2 Å². The summed E-state index contributed by atoms with van der Waals surface area (Å²) in [6.45, 7) is 10.0. The fourth-order valence-corrected chi connectivity index (χ4v) is 1.89. The van der Waals surface area contributed by atoms with Gasteiger partial charge in [0, 0.05) is 18.0 Å². The van der Waals surface area contributed by atoms with Crippen LogP contribution in [-0.4, -0.2) is 23.2 Å². The van der Waals surface area contributed by atoms with Crippen molar-refractivity contribution in [1.29, 1.82) is 0 Å². The zero-order valence-corrected chi connectivity index (χ0v) is 11.3. The molecule has 1 aromatic rings. The van der Waals surface area contributed by atoms with Crippen LogP contribution in [0.2, 0.25) is 0 Å². The number of hydrogen-bond donors (Lipinski definition) is 2. The summed E-state index contributed by atoms with van der Waals surface area (Å²) in [6, 6.07) is 1.94. The van der Waals surface area contributed by atoms with Crippen LogP contribution < -0.4 is 5.32 Å². The van der Waals surface area contributed by atoms with Crippen LogP contribution >= 0.6 is 0 Å². The predicted octanol–water partition coefficient (Wildman–Crippen LogP) is 2.23. The van der Waals surface area contributed by atoms with Gasteiger partial charge in [0.15, 0.2) is 0 Å². The van der Waals surface area contributed by atoms with E-state index in [0.29, 0.717) is 12.3 Å². The van der Waals surface area contributed by atoms with Gasteiger partial charge in [0.2, 0.25) is 0 Å². The van der Waals surface area contributed by atoms with Gasteiger partial charge in [-0.2, -0.15) is 0 Å². The molecule has 0 amide bonds. The van der Waals surface area contributed by atoms with Crippen LogP contribution in [-0.2, 0) is 5.60 Å². The number of pyridine rings is 1. The third-order valence-electron chi connectivity index (χ3n) is 2.96. The maximum absolute atomic E-state index is 10.5. The Bertz CT molecular complexity index is 348. The van der Waals surface area contributed by atoms with E-state index in [9.17, 15) is 5.11 Å². The highest BCUT2D eigenvalue weighted by molar-refractivity contribution is 5.27. The first-order chi connectivity index (χ1) is 7.93. The Labute approximate surface area is 104 Å². The summed E-state index contributed by atoms with van der Waals surface area (Å²) in [5, 5.41) is 13.8. The molecule has 0 fully saturated rings. The van der Waals surface area contributed by atoms with E-state index in [1.54, 1.807) is 12.4 Å². The van der Waals surface area contributed by atoms with E-state index in [1.807, 2.05) is 19.9 Å². The average molecular weight is 236 g/mol. The molecule has 3 heteroatoms. The van der Waals surface area contributed by atoms with Crippen molar-refractivity contribution < 1.29 is 5.11 Å². The van der Waals surface area contributed by atoms with Gasteiger partial charge < -0.3 is 10.4 Å². The van der Waals surface area contributed by atoms with E-state index in [-0.39, 0.29) is 0 Å². The van der Waals surface area contributed by atoms with Gasteiger partial charge in [0.25, 0.3) is 0 Å². The molecule has 1 rings (SSSR count). The predicted molar refractivity (Wildman–Crippen MR) is 70.9 cm³/mol. The van der Waals surface area contributed by atoms with Gasteiger partial charge in [-0.3, -0.25) is 4.98 Å². The Balaban J connectivity index is 2.54. The molecule has 0 saturated carbocycles. The summed E-state index contributed by atoms with van der Waals surface area (Å²) < 4.78 is 0. The molecule has 17 heavy (non-hydrogen) atoms. The fourth-order valence-electron chi connectivity index (χ4n) is 1.89. The maximum atomic E-state index is 10.5. The molecular weight excluding hydrogens is 212 g/mol. The molecule has 1 atom stereocenters. The summed E-state index contributed by atoms with van der Waals surface area (Å²) in [6.07, 6.45) is 4.22. The number of aromatic nitrogens is 1. The monoisotopic (exact) mass is 236 g/mol. The second-order valence-corrected chi connectivity index (χ2v) is 5.31. The van der Waals surface area contributed by atoms with Crippen LogP contribution in [0.15, 0.2) is 18.5 Å². The van der Waals surface area contributed by atoms with E-state index >= 15 is 0 Å². The molecule has 0 bridgehead atoms. The van der Waals surface area contributed by atoms with Crippen LogP contribution in [0.5, 0.6) is 0 Å². The smallest absolute Gasteiger partial charge is 0.0898 e. The van der Waals surface area contributed by atoms with Crippen molar-refractivity contribution >= 4 is 0 Å². The molecule has 1 aromatic heterocycles. The molecule has 0 aliphatic rings. The maximum Gasteiger partial charge on any atom is 0.0898 e. The minimum absolute atomic E-state index is 0.639. The highest BCUT2D eigenvalue weighted by atomic mass is 16.3. The highest BCUT2D eigenvalue weighted by Gasteiger charge is 2.24. The van der Waals surface area contributed by atoms with Crippen molar-refractivity contribution in [3.05, 3.63) is 29.6 Å². The number of nitrogens with one attached hydrogen (secondary N) is 1. The number of hydrogen-bond acceptors (Lipinski definition) is 3. The van der Waals surface area contributed by atoms with Crippen LogP contribution in [0.4, 0.5) is 0 Å². The van der Waals surface area contributed by atoms with Crippen molar-refractivity contribution in [2.24, 2.45) is 5.92 Å². The summed E-state index contributed by atoms with van der Waals surface area (Å²) >= 11 is 0. The highest BCUT2D eigenvalue weighted by Crippen LogP contribution is 2.25. The summed E-state index contributed by atoms with van der Waals surface area (Å²) in [5.41, 5.74) is 1.21. The Morgan fingerprint density at radius 3 is 2.76 bits per heavy atom. The normalized spacial score (nSPS) is 14.9. The molecule has 0 saturated heterocycles. The molecular formula is C14H24N2O. The van der Waals surface area contributed by atoms with Gasteiger partial charge in [-0.1, -0.05) is 13.8 Å². The standard InChI is InChI=1S/C14H24N2O/c1-11(2)9-16-8-6-14(4,17)13-10-15-7-5-12(13)3/h5,7,10-11,16-17H,6,8-9H2,1-4H3. The van der Waals surface area contributed by atoms with Crippen molar-refractivity contribution in [3.8, 4) is 0 Å². The third-order valence-corrected chi connectivity index (χ3v) is 2.96. The lowest BCUT2D eigenvalue weighted by molar-refractivity contribution is 0.0469. The molecule has 0 aliphatic carbocycles. The number of aliphatic hydroxyl groups is 1. The van der Waals surface area contributed by atoms with Crippen molar-refractivity contribution in [2.75, 3.05) is 13.1 Å². The lowest BCUT2D eigenvalue weighted by atomic mass is 9.91. The van der Waals surface area contributed by atoms with Gasteiger partial charge in [-0.15, -0.1) is 0 Å². The first-order valence-electron chi connectivity index (χ1n) is 6.27. The Kier molecular flexibility index (Phi) is 5.09. The van der Waals surface area contributed by atoms with Crippen LogP contribution in [0.1, 0.15) is 38.3 Å². The number of nitrogens with zero attached hydrogens (tertiary/aromatic N) is 1. The van der Waals surface area contributed by atoms with Gasteiger partial charge in [-0.25, -0.2) is 0 Å². The van der Waals surface area contributed by atoms with E-state index in [2.05, 4.69) is 24.1 Å². The Morgan fingerprint density at radius 1 is 1.47 bits per heavy atom. The molecule has 1 unspecified atom stereocenters. The Morgan fingerprint density at radius 2 is 2.18 bits per heavy atom. The number of rotatable bonds is 6. The van der Waals surface area contributed by atoms with E-state index in [4.69, 9.17) is 0 Å². The largest absolute Gasteiger partial charge is 0.385 e. The average Bonchev–Trinajstić information content (AvgIpc) is 2.24. The van der Waals surface area contributed by atoms with Crippen molar-refractivity contribution in [2.45, 2.75) is 39.7 Å². The summed E-state index contributed by atoms with van der Waals surface area (Å²) in [5.74, 6) is 0.639. The first-order valence-corrected chi connectivity index (χ1v) is 6.27.